The van der Waals surface area contributed by atoms with E-state index in [4.69, 9.17) is 32.4 Å². The molecule has 2 aromatic rings. The van der Waals surface area contributed by atoms with Crippen molar-refractivity contribution in [3.63, 3.8) is 0 Å². The summed E-state index contributed by atoms with van der Waals surface area (Å²) in [7, 11) is 0. The molecule has 170 valence electrons. The fourth-order valence-electron chi connectivity index (χ4n) is 3.08. The number of carbonyl (C=O) groups excluding carboxylic acids is 4. The molecule has 2 rings (SSSR count). The zero-order valence-corrected chi connectivity index (χ0v) is 17.4. The molecule has 0 aliphatic rings. The van der Waals surface area contributed by atoms with Crippen LogP contribution in [0.15, 0.2) is 48.5 Å². The average molecular weight is 442 g/mol. The lowest BCUT2D eigenvalue weighted by molar-refractivity contribution is -0.124. The Kier molecular flexibility index (Phi) is 8.58. The molecule has 2 unspecified atom stereocenters. The van der Waals surface area contributed by atoms with E-state index in [9.17, 15) is 19.2 Å². The van der Waals surface area contributed by atoms with E-state index in [1.165, 1.54) is 0 Å². The van der Waals surface area contributed by atoms with Gasteiger partial charge in [-0.15, -0.1) is 0 Å². The molecule has 0 aliphatic heterocycles. The molecular weight excluding hydrogens is 416 g/mol. The third-order valence-electron chi connectivity index (χ3n) is 4.68. The summed E-state index contributed by atoms with van der Waals surface area (Å²) < 4.78 is 11.2. The molecule has 2 aromatic carbocycles. The van der Waals surface area contributed by atoms with E-state index < -0.39 is 35.5 Å². The van der Waals surface area contributed by atoms with E-state index in [2.05, 4.69) is 0 Å². The van der Waals surface area contributed by atoms with Crippen LogP contribution in [0.2, 0.25) is 0 Å². The minimum atomic E-state index is -0.787. The Labute approximate surface area is 184 Å². The number of rotatable bonds is 13. The summed E-state index contributed by atoms with van der Waals surface area (Å²) in [5.74, 6) is -2.97. The van der Waals surface area contributed by atoms with E-state index in [1.54, 1.807) is 48.5 Å². The highest BCUT2D eigenvalue weighted by molar-refractivity contribution is 5.88. The van der Waals surface area contributed by atoms with Crippen molar-refractivity contribution in [1.82, 2.24) is 0 Å². The van der Waals surface area contributed by atoms with Crippen molar-refractivity contribution in [2.24, 2.45) is 22.9 Å². The monoisotopic (exact) mass is 442 g/mol. The Morgan fingerprint density at radius 3 is 1.16 bits per heavy atom. The quantitative estimate of drug-likeness (QED) is 0.316. The summed E-state index contributed by atoms with van der Waals surface area (Å²) in [4.78, 5) is 45.3. The zero-order valence-electron chi connectivity index (χ0n) is 17.4. The van der Waals surface area contributed by atoms with Crippen LogP contribution in [-0.2, 0) is 19.2 Å². The van der Waals surface area contributed by atoms with Crippen LogP contribution >= 0.6 is 0 Å². The number of ether oxygens (including phenoxy) is 2. The molecule has 0 spiro atoms. The standard InChI is InChI=1S/C22H26N4O6/c23-19(27)11-17(21(25)29)13-1-5-15(6-2-13)31-9-10-32-16-7-3-14(4-8-16)18(22(26)30)12-20(24)28/h1-8,17-18H,9-12H2,(H2,23,27)(H2,24,28)(H2,25,29)(H2,26,30). The van der Waals surface area contributed by atoms with Gasteiger partial charge in [0.05, 0.1) is 11.8 Å². The lowest BCUT2D eigenvalue weighted by Gasteiger charge is -2.14. The molecule has 2 atom stereocenters. The highest BCUT2D eigenvalue weighted by Crippen LogP contribution is 2.23. The van der Waals surface area contributed by atoms with Crippen molar-refractivity contribution in [1.29, 1.82) is 0 Å². The Hall–Kier alpha value is -4.08. The van der Waals surface area contributed by atoms with Crippen molar-refractivity contribution in [2.75, 3.05) is 13.2 Å². The van der Waals surface area contributed by atoms with E-state index in [0.717, 1.165) is 0 Å². The fraction of sp³-hybridized carbons (Fsp3) is 0.273. The van der Waals surface area contributed by atoms with Gasteiger partial charge in [0.1, 0.15) is 24.7 Å². The summed E-state index contributed by atoms with van der Waals surface area (Å²) in [6.07, 6.45) is -0.324. The highest BCUT2D eigenvalue weighted by Gasteiger charge is 2.21. The van der Waals surface area contributed by atoms with Crippen molar-refractivity contribution in [3.8, 4) is 11.5 Å². The minimum absolute atomic E-state index is 0.162. The molecule has 0 radical (unpaired) electrons. The van der Waals surface area contributed by atoms with Crippen LogP contribution in [-0.4, -0.2) is 36.8 Å². The molecule has 0 aromatic heterocycles. The molecule has 0 saturated heterocycles. The molecule has 10 nitrogen and oxygen atoms in total. The zero-order chi connectivity index (χ0) is 23.7. The number of nitrogens with two attached hydrogens (primary N) is 4. The maximum atomic E-state index is 11.5. The molecule has 10 heteroatoms. The first-order chi connectivity index (χ1) is 15.2. The smallest absolute Gasteiger partial charge is 0.225 e. The molecule has 8 N–H and O–H groups in total. The SMILES string of the molecule is NC(=O)CC(C(N)=O)c1ccc(OCCOc2ccc(C(CC(N)=O)C(N)=O)cc2)cc1. The van der Waals surface area contributed by atoms with Gasteiger partial charge in [-0.1, -0.05) is 24.3 Å². The lowest BCUT2D eigenvalue weighted by Crippen LogP contribution is -2.26. The van der Waals surface area contributed by atoms with Gasteiger partial charge in [-0.05, 0) is 35.4 Å². The molecule has 0 fully saturated rings. The average Bonchev–Trinajstić information content (AvgIpc) is 2.74. The topological polar surface area (TPSA) is 191 Å². The highest BCUT2D eigenvalue weighted by atomic mass is 16.5. The third kappa shape index (κ3) is 7.31. The molecular formula is C22H26N4O6. The van der Waals surface area contributed by atoms with Crippen LogP contribution in [0.1, 0.15) is 35.8 Å². The van der Waals surface area contributed by atoms with E-state index >= 15 is 0 Å². The number of benzene rings is 2. The number of hydrogen-bond donors (Lipinski definition) is 4. The van der Waals surface area contributed by atoms with Gasteiger partial charge in [-0.2, -0.15) is 0 Å². The predicted octanol–water partition coefficient (Wildman–Crippen LogP) is 0.0330. The summed E-state index contributed by atoms with van der Waals surface area (Å²) in [5, 5.41) is 0. The van der Waals surface area contributed by atoms with Gasteiger partial charge in [-0.25, -0.2) is 0 Å². The summed E-state index contributed by atoms with van der Waals surface area (Å²) in [6, 6.07) is 13.2. The van der Waals surface area contributed by atoms with E-state index in [0.29, 0.717) is 22.6 Å². The maximum Gasteiger partial charge on any atom is 0.225 e. The van der Waals surface area contributed by atoms with Gasteiger partial charge in [-0.3, -0.25) is 19.2 Å². The molecule has 4 amide bonds. The van der Waals surface area contributed by atoms with Crippen LogP contribution < -0.4 is 32.4 Å². The van der Waals surface area contributed by atoms with Crippen LogP contribution in [0.25, 0.3) is 0 Å². The second-order valence-electron chi connectivity index (χ2n) is 7.09. The first-order valence-corrected chi connectivity index (χ1v) is 9.78. The summed E-state index contributed by atoms with van der Waals surface area (Å²) in [6.45, 7) is 0.487. The van der Waals surface area contributed by atoms with Crippen LogP contribution in [0.5, 0.6) is 11.5 Å². The van der Waals surface area contributed by atoms with Crippen molar-refractivity contribution in [3.05, 3.63) is 59.7 Å². The second kappa shape index (κ2) is 11.3. The fourth-order valence-corrected chi connectivity index (χ4v) is 3.08. The number of carbonyl (C=O) groups is 4. The minimum Gasteiger partial charge on any atom is -0.490 e. The van der Waals surface area contributed by atoms with Gasteiger partial charge in [0.2, 0.25) is 23.6 Å². The number of primary amides is 4. The molecule has 0 aliphatic carbocycles. The van der Waals surface area contributed by atoms with E-state index in [1.807, 2.05) is 0 Å². The van der Waals surface area contributed by atoms with Crippen LogP contribution in [0, 0.1) is 0 Å². The lowest BCUT2D eigenvalue weighted by atomic mass is 9.95. The Morgan fingerprint density at radius 1 is 0.594 bits per heavy atom. The number of amides is 4. The normalized spacial score (nSPS) is 12.4. The van der Waals surface area contributed by atoms with Gasteiger partial charge < -0.3 is 32.4 Å². The molecule has 32 heavy (non-hydrogen) atoms. The van der Waals surface area contributed by atoms with Crippen LogP contribution in [0.3, 0.4) is 0 Å². The third-order valence-corrected chi connectivity index (χ3v) is 4.68. The van der Waals surface area contributed by atoms with Crippen LogP contribution in [0.4, 0.5) is 0 Å². The Bertz CT molecular complexity index is 880. The molecule has 0 heterocycles. The first-order valence-electron chi connectivity index (χ1n) is 9.78. The largest absolute Gasteiger partial charge is 0.490 e. The molecule has 0 saturated carbocycles. The van der Waals surface area contributed by atoms with E-state index in [-0.39, 0.29) is 26.1 Å². The summed E-state index contributed by atoms with van der Waals surface area (Å²) in [5.41, 5.74) is 22.1. The second-order valence-corrected chi connectivity index (χ2v) is 7.09. The Morgan fingerprint density at radius 2 is 0.906 bits per heavy atom. The molecule has 0 bridgehead atoms. The predicted molar refractivity (Wildman–Crippen MR) is 115 cm³/mol. The Balaban J connectivity index is 1.85. The van der Waals surface area contributed by atoms with Crippen molar-refractivity contribution < 1.29 is 28.7 Å². The van der Waals surface area contributed by atoms with Gasteiger partial charge in [0.25, 0.3) is 0 Å². The first kappa shape index (κ1) is 24.2. The van der Waals surface area contributed by atoms with Crippen molar-refractivity contribution in [2.45, 2.75) is 24.7 Å². The summed E-state index contributed by atoms with van der Waals surface area (Å²) >= 11 is 0. The number of hydrogen-bond acceptors (Lipinski definition) is 6. The van der Waals surface area contributed by atoms with Gasteiger partial charge in [0, 0.05) is 12.8 Å². The van der Waals surface area contributed by atoms with Gasteiger partial charge >= 0.3 is 0 Å². The van der Waals surface area contributed by atoms with Gasteiger partial charge in [0.15, 0.2) is 0 Å². The maximum absolute atomic E-state index is 11.5. The van der Waals surface area contributed by atoms with Crippen molar-refractivity contribution >= 4 is 23.6 Å².